The van der Waals surface area contributed by atoms with Crippen molar-refractivity contribution in [1.82, 2.24) is 10.2 Å². The standard InChI is InChI=1S/C13H24N2O2/c1-13(2)6-4-5-11(14-3)12(16)15(13)7-10-8-17-9-10/h10-11,14H,4-9H2,1-3H3. The average Bonchev–Trinajstić information content (AvgIpc) is 2.30. The quantitative estimate of drug-likeness (QED) is 0.800. The third-order valence-corrected chi connectivity index (χ3v) is 4.07. The smallest absolute Gasteiger partial charge is 0.240 e. The summed E-state index contributed by atoms with van der Waals surface area (Å²) in [5, 5.41) is 3.15. The molecule has 1 unspecified atom stereocenters. The SMILES string of the molecule is CNC1CCCC(C)(C)N(CC2COC2)C1=O. The van der Waals surface area contributed by atoms with E-state index >= 15 is 0 Å². The number of rotatable bonds is 3. The summed E-state index contributed by atoms with van der Waals surface area (Å²) in [7, 11) is 1.88. The first-order chi connectivity index (χ1) is 8.04. The van der Waals surface area contributed by atoms with Gasteiger partial charge in [0.05, 0.1) is 19.3 Å². The summed E-state index contributed by atoms with van der Waals surface area (Å²) in [4.78, 5) is 14.6. The van der Waals surface area contributed by atoms with Crippen molar-refractivity contribution in [2.45, 2.75) is 44.7 Å². The first-order valence-corrected chi connectivity index (χ1v) is 6.61. The van der Waals surface area contributed by atoms with Crippen LogP contribution in [0.4, 0.5) is 0 Å². The summed E-state index contributed by atoms with van der Waals surface area (Å²) in [6.07, 6.45) is 3.16. The Balaban J connectivity index is 2.11. The van der Waals surface area contributed by atoms with Crippen LogP contribution in [0.25, 0.3) is 0 Å². The van der Waals surface area contributed by atoms with Gasteiger partial charge in [0.15, 0.2) is 0 Å². The van der Waals surface area contributed by atoms with Crippen LogP contribution < -0.4 is 5.32 Å². The molecular weight excluding hydrogens is 216 g/mol. The van der Waals surface area contributed by atoms with Crippen LogP contribution in [-0.2, 0) is 9.53 Å². The van der Waals surface area contributed by atoms with Crippen LogP contribution in [0.3, 0.4) is 0 Å². The third-order valence-electron chi connectivity index (χ3n) is 4.07. The van der Waals surface area contributed by atoms with Crippen molar-refractivity contribution < 1.29 is 9.53 Å². The van der Waals surface area contributed by atoms with E-state index in [0.717, 1.165) is 39.0 Å². The van der Waals surface area contributed by atoms with Gasteiger partial charge in [0, 0.05) is 18.0 Å². The molecule has 1 amide bonds. The number of nitrogens with one attached hydrogen (secondary N) is 1. The minimum Gasteiger partial charge on any atom is -0.381 e. The fourth-order valence-corrected chi connectivity index (χ4v) is 2.74. The van der Waals surface area contributed by atoms with Gasteiger partial charge in [0.25, 0.3) is 0 Å². The van der Waals surface area contributed by atoms with E-state index in [4.69, 9.17) is 4.74 Å². The molecule has 0 saturated carbocycles. The molecule has 0 aromatic heterocycles. The van der Waals surface area contributed by atoms with E-state index in [2.05, 4.69) is 24.1 Å². The van der Waals surface area contributed by atoms with Gasteiger partial charge in [-0.1, -0.05) is 0 Å². The van der Waals surface area contributed by atoms with E-state index in [1.165, 1.54) is 0 Å². The molecule has 0 bridgehead atoms. The molecule has 0 spiro atoms. The Morgan fingerprint density at radius 1 is 1.47 bits per heavy atom. The van der Waals surface area contributed by atoms with Crippen molar-refractivity contribution >= 4 is 5.91 Å². The van der Waals surface area contributed by atoms with Gasteiger partial charge in [-0.2, -0.15) is 0 Å². The Labute approximate surface area is 104 Å². The fraction of sp³-hybridized carbons (Fsp3) is 0.923. The first-order valence-electron chi connectivity index (χ1n) is 6.61. The molecule has 2 saturated heterocycles. The van der Waals surface area contributed by atoms with Crippen LogP contribution in [-0.4, -0.2) is 49.2 Å². The lowest BCUT2D eigenvalue weighted by atomic mass is 9.95. The largest absolute Gasteiger partial charge is 0.381 e. The molecule has 1 atom stereocenters. The van der Waals surface area contributed by atoms with Gasteiger partial charge < -0.3 is 15.0 Å². The zero-order valence-corrected chi connectivity index (χ0v) is 11.2. The van der Waals surface area contributed by atoms with E-state index < -0.39 is 0 Å². The highest BCUT2D eigenvalue weighted by atomic mass is 16.5. The number of ether oxygens (including phenoxy) is 1. The van der Waals surface area contributed by atoms with Crippen molar-refractivity contribution in [3.63, 3.8) is 0 Å². The highest BCUT2D eigenvalue weighted by molar-refractivity contribution is 5.82. The minimum atomic E-state index is -0.0156. The highest BCUT2D eigenvalue weighted by Crippen LogP contribution is 2.29. The molecule has 98 valence electrons. The number of hydrogen-bond donors (Lipinski definition) is 1. The van der Waals surface area contributed by atoms with E-state index in [0.29, 0.717) is 5.92 Å². The normalized spacial score (nSPS) is 29.9. The van der Waals surface area contributed by atoms with Crippen LogP contribution in [0.1, 0.15) is 33.1 Å². The van der Waals surface area contributed by atoms with Crippen molar-refractivity contribution in [2.24, 2.45) is 5.92 Å². The molecule has 4 heteroatoms. The third kappa shape index (κ3) is 2.63. The maximum Gasteiger partial charge on any atom is 0.240 e. The molecule has 2 fully saturated rings. The summed E-state index contributed by atoms with van der Waals surface area (Å²) < 4.78 is 5.21. The summed E-state index contributed by atoms with van der Waals surface area (Å²) in [5.74, 6) is 0.802. The summed E-state index contributed by atoms with van der Waals surface area (Å²) >= 11 is 0. The Bertz CT molecular complexity index is 287. The number of carbonyl (C=O) groups excluding carboxylic acids is 1. The van der Waals surface area contributed by atoms with Gasteiger partial charge in [0.1, 0.15) is 0 Å². The Morgan fingerprint density at radius 2 is 2.18 bits per heavy atom. The zero-order valence-electron chi connectivity index (χ0n) is 11.2. The van der Waals surface area contributed by atoms with Crippen LogP contribution in [0, 0.1) is 5.92 Å². The van der Waals surface area contributed by atoms with Gasteiger partial charge in [0.2, 0.25) is 5.91 Å². The number of nitrogens with zero attached hydrogens (tertiary/aromatic N) is 1. The van der Waals surface area contributed by atoms with E-state index in [-0.39, 0.29) is 17.5 Å². The molecule has 0 aromatic rings. The number of likely N-dealkylation sites (tertiary alicyclic amines) is 1. The monoisotopic (exact) mass is 240 g/mol. The Hall–Kier alpha value is -0.610. The van der Waals surface area contributed by atoms with Gasteiger partial charge in [-0.25, -0.2) is 0 Å². The van der Waals surface area contributed by atoms with Gasteiger partial charge >= 0.3 is 0 Å². The Kier molecular flexibility index (Phi) is 3.73. The van der Waals surface area contributed by atoms with Gasteiger partial charge in [-0.05, 0) is 40.2 Å². The second kappa shape index (κ2) is 4.94. The second-order valence-corrected chi connectivity index (χ2v) is 5.90. The van der Waals surface area contributed by atoms with Crippen molar-refractivity contribution in [3.05, 3.63) is 0 Å². The Morgan fingerprint density at radius 3 is 2.71 bits per heavy atom. The average molecular weight is 240 g/mol. The lowest BCUT2D eigenvalue weighted by Crippen LogP contribution is -2.55. The molecule has 2 aliphatic heterocycles. The summed E-state index contributed by atoms with van der Waals surface area (Å²) in [6, 6.07) is -0.00206. The highest BCUT2D eigenvalue weighted by Gasteiger charge is 2.39. The maximum absolute atomic E-state index is 12.5. The number of amides is 1. The lowest BCUT2D eigenvalue weighted by molar-refractivity contribution is -0.142. The van der Waals surface area contributed by atoms with Crippen molar-refractivity contribution in [3.8, 4) is 0 Å². The fourth-order valence-electron chi connectivity index (χ4n) is 2.74. The molecule has 0 aromatic carbocycles. The van der Waals surface area contributed by atoms with E-state index in [1.807, 2.05) is 7.05 Å². The molecular formula is C13H24N2O2. The molecule has 2 rings (SSSR count). The molecule has 2 heterocycles. The molecule has 1 N–H and O–H groups in total. The van der Waals surface area contributed by atoms with Crippen LogP contribution in [0.15, 0.2) is 0 Å². The molecule has 2 aliphatic rings. The topological polar surface area (TPSA) is 41.6 Å². The predicted molar refractivity (Wildman–Crippen MR) is 66.8 cm³/mol. The van der Waals surface area contributed by atoms with Crippen LogP contribution in [0.5, 0.6) is 0 Å². The molecule has 0 aliphatic carbocycles. The van der Waals surface area contributed by atoms with Crippen molar-refractivity contribution in [2.75, 3.05) is 26.8 Å². The van der Waals surface area contributed by atoms with E-state index in [9.17, 15) is 4.79 Å². The van der Waals surface area contributed by atoms with Crippen LogP contribution >= 0.6 is 0 Å². The van der Waals surface area contributed by atoms with Crippen molar-refractivity contribution in [1.29, 1.82) is 0 Å². The zero-order chi connectivity index (χ0) is 12.5. The van der Waals surface area contributed by atoms with E-state index in [1.54, 1.807) is 0 Å². The van der Waals surface area contributed by atoms with Gasteiger partial charge in [-0.3, -0.25) is 4.79 Å². The first kappa shape index (κ1) is 12.8. The van der Waals surface area contributed by atoms with Gasteiger partial charge in [-0.15, -0.1) is 0 Å². The van der Waals surface area contributed by atoms with Crippen LogP contribution in [0.2, 0.25) is 0 Å². The summed E-state index contributed by atoms with van der Waals surface area (Å²) in [6.45, 7) is 6.84. The number of hydrogen-bond acceptors (Lipinski definition) is 3. The maximum atomic E-state index is 12.5. The molecule has 17 heavy (non-hydrogen) atoms. The molecule has 4 nitrogen and oxygen atoms in total. The predicted octanol–water partition coefficient (Wildman–Crippen LogP) is 1.01. The number of likely N-dealkylation sites (N-methyl/N-ethyl adjacent to an activating group) is 1. The minimum absolute atomic E-state index is 0.00206. The lowest BCUT2D eigenvalue weighted by Gasteiger charge is -2.42. The number of carbonyl (C=O) groups is 1. The summed E-state index contributed by atoms with van der Waals surface area (Å²) in [5.41, 5.74) is -0.0156. The molecule has 0 radical (unpaired) electrons. The second-order valence-electron chi connectivity index (χ2n) is 5.90.